The molecule has 3 heteroatoms. The highest BCUT2D eigenvalue weighted by molar-refractivity contribution is 5.83. The highest BCUT2D eigenvalue weighted by atomic mass is 16.5. The van der Waals surface area contributed by atoms with Crippen molar-refractivity contribution in [2.45, 2.75) is 19.6 Å². The molecule has 0 bridgehead atoms. The lowest BCUT2D eigenvalue weighted by Crippen LogP contribution is -2.14. The van der Waals surface area contributed by atoms with Crippen molar-refractivity contribution in [3.8, 4) is 5.75 Å². The normalized spacial score (nSPS) is 12.2. The number of aromatic nitrogens is 2. The molecule has 1 heterocycles. The van der Waals surface area contributed by atoms with E-state index in [-0.39, 0.29) is 6.10 Å². The van der Waals surface area contributed by atoms with Crippen molar-refractivity contribution >= 4 is 10.8 Å². The summed E-state index contributed by atoms with van der Waals surface area (Å²) in [6.45, 7) is 2.79. The lowest BCUT2D eigenvalue weighted by Gasteiger charge is -2.21. The van der Waals surface area contributed by atoms with Crippen molar-refractivity contribution < 1.29 is 4.74 Å². The molecule has 3 aromatic carbocycles. The van der Waals surface area contributed by atoms with Gasteiger partial charge in [-0.3, -0.25) is 0 Å². The Kier molecular flexibility index (Phi) is 4.21. The van der Waals surface area contributed by atoms with E-state index in [9.17, 15) is 0 Å². The van der Waals surface area contributed by atoms with Gasteiger partial charge in [0.1, 0.15) is 11.9 Å². The zero-order valence-electron chi connectivity index (χ0n) is 14.2. The van der Waals surface area contributed by atoms with Crippen LogP contribution in [0.2, 0.25) is 0 Å². The maximum atomic E-state index is 6.33. The summed E-state index contributed by atoms with van der Waals surface area (Å²) in [7, 11) is 0. The molecular formula is C22H20N2O. The minimum atomic E-state index is -0.0819. The first-order chi connectivity index (χ1) is 12.3. The predicted molar refractivity (Wildman–Crippen MR) is 101 cm³/mol. The standard InChI is InChI=1S/C22H20N2O/c1-17-6-10-21(11-7-17)25-22(15-24-13-12-23-16-24)20-9-8-18-4-2-3-5-19(18)14-20/h2-14,16,22H,15H2,1H3. The first-order valence-corrected chi connectivity index (χ1v) is 8.46. The van der Waals surface area contributed by atoms with Crippen molar-refractivity contribution in [1.29, 1.82) is 0 Å². The number of rotatable bonds is 5. The third kappa shape index (κ3) is 3.56. The Balaban J connectivity index is 1.68. The zero-order valence-corrected chi connectivity index (χ0v) is 14.2. The highest BCUT2D eigenvalue weighted by Crippen LogP contribution is 2.27. The fourth-order valence-electron chi connectivity index (χ4n) is 2.99. The Morgan fingerprint density at radius 2 is 1.76 bits per heavy atom. The molecule has 0 spiro atoms. The number of ether oxygens (including phenoxy) is 1. The zero-order chi connectivity index (χ0) is 17.1. The van der Waals surface area contributed by atoms with Gasteiger partial charge >= 0.3 is 0 Å². The minimum absolute atomic E-state index is 0.0819. The Morgan fingerprint density at radius 1 is 0.960 bits per heavy atom. The summed E-state index contributed by atoms with van der Waals surface area (Å²) < 4.78 is 8.38. The van der Waals surface area contributed by atoms with E-state index in [1.807, 2.05) is 29.2 Å². The maximum Gasteiger partial charge on any atom is 0.142 e. The van der Waals surface area contributed by atoms with Crippen LogP contribution in [0.3, 0.4) is 0 Å². The molecule has 4 rings (SSSR count). The van der Waals surface area contributed by atoms with Crippen LogP contribution in [-0.4, -0.2) is 9.55 Å². The second-order valence-corrected chi connectivity index (χ2v) is 6.29. The average Bonchev–Trinajstić information content (AvgIpc) is 3.16. The highest BCUT2D eigenvalue weighted by Gasteiger charge is 2.15. The molecule has 0 N–H and O–H groups in total. The van der Waals surface area contributed by atoms with Crippen molar-refractivity contribution in [3.05, 3.63) is 96.6 Å². The van der Waals surface area contributed by atoms with Crippen LogP contribution >= 0.6 is 0 Å². The average molecular weight is 328 g/mol. The number of aryl methyl sites for hydroxylation is 1. The van der Waals surface area contributed by atoms with Gasteiger partial charge in [-0.05, 0) is 41.5 Å². The lowest BCUT2D eigenvalue weighted by molar-refractivity contribution is 0.183. The van der Waals surface area contributed by atoms with Gasteiger partial charge in [0, 0.05) is 12.4 Å². The second kappa shape index (κ2) is 6.81. The molecule has 0 saturated carbocycles. The molecule has 1 aromatic heterocycles. The van der Waals surface area contributed by atoms with Crippen molar-refractivity contribution in [1.82, 2.24) is 9.55 Å². The van der Waals surface area contributed by atoms with Crippen LogP contribution in [0.25, 0.3) is 10.8 Å². The molecule has 3 nitrogen and oxygen atoms in total. The van der Waals surface area contributed by atoms with Crippen LogP contribution in [0.4, 0.5) is 0 Å². The van der Waals surface area contributed by atoms with Gasteiger partial charge in [0.25, 0.3) is 0 Å². The van der Waals surface area contributed by atoms with Crippen molar-refractivity contribution in [2.75, 3.05) is 0 Å². The van der Waals surface area contributed by atoms with Crippen LogP contribution in [-0.2, 0) is 6.54 Å². The number of hydrogen-bond acceptors (Lipinski definition) is 2. The fraction of sp³-hybridized carbons (Fsp3) is 0.136. The quantitative estimate of drug-likeness (QED) is 0.505. The molecule has 0 aliphatic carbocycles. The van der Waals surface area contributed by atoms with Crippen LogP contribution < -0.4 is 4.74 Å². The van der Waals surface area contributed by atoms with Gasteiger partial charge in [-0.15, -0.1) is 0 Å². The molecule has 0 radical (unpaired) electrons. The summed E-state index contributed by atoms with van der Waals surface area (Å²) in [4.78, 5) is 4.14. The van der Waals surface area contributed by atoms with E-state index in [1.165, 1.54) is 16.3 Å². The number of hydrogen-bond donors (Lipinski definition) is 0. The lowest BCUT2D eigenvalue weighted by atomic mass is 10.0. The summed E-state index contributed by atoms with van der Waals surface area (Å²) in [6, 6.07) is 23.1. The molecule has 0 aliphatic rings. The first-order valence-electron chi connectivity index (χ1n) is 8.46. The number of imidazole rings is 1. The maximum absolute atomic E-state index is 6.33. The number of fused-ring (bicyclic) bond motifs is 1. The molecule has 1 unspecified atom stereocenters. The summed E-state index contributed by atoms with van der Waals surface area (Å²) >= 11 is 0. The molecule has 0 amide bonds. The van der Waals surface area contributed by atoms with Gasteiger partial charge in [0.15, 0.2) is 0 Å². The summed E-state index contributed by atoms with van der Waals surface area (Å²) in [5, 5.41) is 2.46. The molecule has 0 aliphatic heterocycles. The van der Waals surface area contributed by atoms with E-state index in [1.54, 1.807) is 6.20 Å². The molecule has 4 aromatic rings. The van der Waals surface area contributed by atoms with E-state index in [2.05, 4.69) is 66.5 Å². The summed E-state index contributed by atoms with van der Waals surface area (Å²) in [6.07, 6.45) is 5.50. The van der Waals surface area contributed by atoms with Gasteiger partial charge in [0.05, 0.1) is 12.9 Å². The predicted octanol–water partition coefficient (Wildman–Crippen LogP) is 5.17. The van der Waals surface area contributed by atoms with Gasteiger partial charge < -0.3 is 9.30 Å². The fourth-order valence-corrected chi connectivity index (χ4v) is 2.99. The molecular weight excluding hydrogens is 308 g/mol. The summed E-state index contributed by atoms with van der Waals surface area (Å²) in [5.41, 5.74) is 2.39. The molecule has 1 atom stereocenters. The SMILES string of the molecule is Cc1ccc(OC(Cn2ccnc2)c2ccc3ccccc3c2)cc1. The van der Waals surface area contributed by atoms with Crippen LogP contribution in [0, 0.1) is 6.92 Å². The smallest absolute Gasteiger partial charge is 0.142 e. The number of benzene rings is 3. The van der Waals surface area contributed by atoms with E-state index in [0.717, 1.165) is 11.3 Å². The molecule has 124 valence electrons. The number of nitrogens with zero attached hydrogens (tertiary/aromatic N) is 2. The monoisotopic (exact) mass is 328 g/mol. The van der Waals surface area contributed by atoms with E-state index < -0.39 is 0 Å². The van der Waals surface area contributed by atoms with Crippen LogP contribution in [0.1, 0.15) is 17.2 Å². The van der Waals surface area contributed by atoms with Crippen LogP contribution in [0.15, 0.2) is 85.5 Å². The summed E-state index contributed by atoms with van der Waals surface area (Å²) in [5.74, 6) is 0.879. The molecule has 25 heavy (non-hydrogen) atoms. The van der Waals surface area contributed by atoms with Crippen LogP contribution in [0.5, 0.6) is 5.75 Å². The van der Waals surface area contributed by atoms with E-state index in [4.69, 9.17) is 4.74 Å². The second-order valence-electron chi connectivity index (χ2n) is 6.29. The van der Waals surface area contributed by atoms with Crippen molar-refractivity contribution in [3.63, 3.8) is 0 Å². The van der Waals surface area contributed by atoms with Gasteiger partial charge in [-0.1, -0.05) is 54.1 Å². The first kappa shape index (κ1) is 15.5. The van der Waals surface area contributed by atoms with Crippen molar-refractivity contribution in [2.24, 2.45) is 0 Å². The Labute approximate surface area is 147 Å². The third-order valence-electron chi connectivity index (χ3n) is 4.38. The Bertz CT molecular complexity index is 959. The molecule has 0 saturated heterocycles. The van der Waals surface area contributed by atoms with E-state index >= 15 is 0 Å². The van der Waals surface area contributed by atoms with Gasteiger partial charge in [-0.25, -0.2) is 4.98 Å². The van der Waals surface area contributed by atoms with E-state index in [0.29, 0.717) is 6.54 Å². The Hall–Kier alpha value is -3.07. The topological polar surface area (TPSA) is 27.1 Å². The Morgan fingerprint density at radius 3 is 2.52 bits per heavy atom. The third-order valence-corrected chi connectivity index (χ3v) is 4.38. The largest absolute Gasteiger partial charge is 0.484 e. The molecule has 0 fully saturated rings. The minimum Gasteiger partial charge on any atom is -0.484 e. The van der Waals surface area contributed by atoms with Gasteiger partial charge in [-0.2, -0.15) is 0 Å². The van der Waals surface area contributed by atoms with Gasteiger partial charge in [0.2, 0.25) is 0 Å².